The molecule has 11 heteroatoms. The number of aromatic nitrogens is 5. The average Bonchev–Trinajstić information content (AvgIpc) is 3.62. The summed E-state index contributed by atoms with van der Waals surface area (Å²) in [6, 6.07) is 3.41. The largest absolute Gasteiger partial charge is 0.465 e. The zero-order valence-electron chi connectivity index (χ0n) is 21.6. The first kappa shape index (κ1) is 26.1. The molecule has 4 aromatic heterocycles. The van der Waals surface area contributed by atoms with Crippen molar-refractivity contribution in [3.63, 3.8) is 0 Å². The van der Waals surface area contributed by atoms with E-state index in [1.54, 1.807) is 6.20 Å². The van der Waals surface area contributed by atoms with Crippen LogP contribution in [0, 0.1) is 23.6 Å². The summed E-state index contributed by atoms with van der Waals surface area (Å²) in [5.74, 6) is 0.00677. The molecule has 2 bridgehead atoms. The van der Waals surface area contributed by atoms with E-state index in [4.69, 9.17) is 16.3 Å². The Labute approximate surface area is 234 Å². The van der Waals surface area contributed by atoms with Crippen LogP contribution in [0.5, 0.6) is 0 Å². The second-order valence-electron chi connectivity index (χ2n) is 10.5. The third-order valence-electron chi connectivity index (χ3n) is 7.90. The maximum absolute atomic E-state index is 16.1. The number of halogens is 2. The minimum atomic E-state index is -0.541. The highest BCUT2D eigenvalue weighted by Crippen LogP contribution is 2.45. The maximum atomic E-state index is 16.1. The molecule has 2 aliphatic rings. The molecule has 2 fully saturated rings. The zero-order valence-corrected chi connectivity index (χ0v) is 23.2. The van der Waals surface area contributed by atoms with Crippen molar-refractivity contribution in [1.29, 1.82) is 0 Å². The summed E-state index contributed by atoms with van der Waals surface area (Å²) in [6.45, 7) is 2.48. The number of anilines is 1. The lowest BCUT2D eigenvalue weighted by molar-refractivity contribution is -0.152. The highest BCUT2D eigenvalue weighted by atomic mass is 35.5. The fourth-order valence-corrected chi connectivity index (χ4v) is 6.87. The molecule has 39 heavy (non-hydrogen) atoms. The summed E-state index contributed by atoms with van der Waals surface area (Å²) in [5.41, 5.74) is 1.80. The van der Waals surface area contributed by atoms with E-state index in [2.05, 4.69) is 37.2 Å². The monoisotopic (exact) mass is 568 g/mol. The molecule has 0 amide bonds. The van der Waals surface area contributed by atoms with E-state index >= 15 is 4.39 Å². The van der Waals surface area contributed by atoms with Crippen LogP contribution in [0.1, 0.15) is 51.9 Å². The van der Waals surface area contributed by atoms with Crippen LogP contribution in [0.3, 0.4) is 0 Å². The van der Waals surface area contributed by atoms with Gasteiger partial charge < -0.3 is 15.0 Å². The molecule has 0 spiro atoms. The lowest BCUT2D eigenvalue weighted by atomic mass is 9.65. The molecule has 4 aromatic rings. The number of H-pyrrole nitrogens is 1. The number of aromatic amines is 1. The summed E-state index contributed by atoms with van der Waals surface area (Å²) < 4.78 is 21.8. The Kier molecular flexibility index (Phi) is 7.49. The van der Waals surface area contributed by atoms with Gasteiger partial charge in [-0.15, -0.1) is 11.3 Å². The van der Waals surface area contributed by atoms with Crippen LogP contribution >= 0.6 is 22.9 Å². The minimum absolute atomic E-state index is 0.0770. The molecule has 4 heterocycles. The molecule has 2 aliphatic carbocycles. The predicted octanol–water partition coefficient (Wildman–Crippen LogP) is 6.89. The van der Waals surface area contributed by atoms with E-state index in [0.717, 1.165) is 44.9 Å². The number of nitrogens with zero attached hydrogens (tertiary/aromatic N) is 4. The number of unbranched alkanes of at least 4 members (excludes halogenated alkanes) is 1. The SMILES string of the molecule is CCCCOC(=O)[C@H]1CC2CCCC(C2)[C@@H]1Nc1nc(-c2c[nH]c3ncc(Cl)nc23)nc(-c2cccs2)c1F. The number of carbonyl (C=O) groups excluding carboxylic acids is 1. The first-order valence-electron chi connectivity index (χ1n) is 13.6. The quantitative estimate of drug-likeness (QED) is 0.176. The van der Waals surface area contributed by atoms with Crippen molar-refractivity contribution >= 4 is 45.9 Å². The number of rotatable bonds is 8. The highest BCUT2D eigenvalue weighted by Gasteiger charge is 2.44. The Hall–Kier alpha value is -3.11. The van der Waals surface area contributed by atoms with Gasteiger partial charge in [0, 0.05) is 12.2 Å². The van der Waals surface area contributed by atoms with Crippen LogP contribution in [-0.4, -0.2) is 43.5 Å². The maximum Gasteiger partial charge on any atom is 0.311 e. The molecule has 0 radical (unpaired) electrons. The fraction of sp³-hybridized carbons (Fsp3) is 0.464. The predicted molar refractivity (Wildman–Crippen MR) is 150 cm³/mol. The van der Waals surface area contributed by atoms with Crippen molar-refractivity contribution in [2.75, 3.05) is 11.9 Å². The molecule has 0 aliphatic heterocycles. The number of fused-ring (bicyclic) bond motifs is 3. The molecule has 2 unspecified atom stereocenters. The first-order valence-corrected chi connectivity index (χ1v) is 14.8. The van der Waals surface area contributed by atoms with E-state index in [1.165, 1.54) is 17.5 Å². The van der Waals surface area contributed by atoms with Crippen molar-refractivity contribution in [3.05, 3.63) is 40.9 Å². The Bertz CT molecular complexity index is 1480. The number of nitrogens with one attached hydrogen (secondary N) is 2. The summed E-state index contributed by atoms with van der Waals surface area (Å²) in [6.07, 6.45) is 9.93. The van der Waals surface area contributed by atoms with Crippen LogP contribution < -0.4 is 5.32 Å². The Balaban J connectivity index is 1.41. The standard InChI is InChI=1S/C28H30ClFN6O2S/c1-2-3-9-38-28(37)17-12-15-6-4-7-16(11-15)22(17)34-26-21(30)24(19-8-5-10-39-19)35-25(36-26)18-13-31-27-23(18)33-20(29)14-32-27/h5,8,10,13-17,22H,2-4,6-7,9,11-12H2,1H3,(H,31,32)(H,34,35,36)/t15?,16?,17-,22-/m0/s1. The van der Waals surface area contributed by atoms with Crippen molar-refractivity contribution in [2.24, 2.45) is 17.8 Å². The van der Waals surface area contributed by atoms with Crippen molar-refractivity contribution in [1.82, 2.24) is 24.9 Å². The third-order valence-corrected chi connectivity index (χ3v) is 8.96. The number of hydrogen-bond acceptors (Lipinski definition) is 8. The van der Waals surface area contributed by atoms with Gasteiger partial charge in [-0.2, -0.15) is 0 Å². The van der Waals surface area contributed by atoms with E-state index in [0.29, 0.717) is 40.0 Å². The molecule has 8 nitrogen and oxygen atoms in total. The molecule has 4 atom stereocenters. The smallest absolute Gasteiger partial charge is 0.311 e. The van der Waals surface area contributed by atoms with Crippen molar-refractivity contribution in [2.45, 2.75) is 57.9 Å². The summed E-state index contributed by atoms with van der Waals surface area (Å²) >= 11 is 7.53. The van der Waals surface area contributed by atoms with E-state index in [9.17, 15) is 4.79 Å². The lowest BCUT2D eigenvalue weighted by Gasteiger charge is -2.44. The lowest BCUT2D eigenvalue weighted by Crippen LogP contribution is -2.48. The van der Waals surface area contributed by atoms with Gasteiger partial charge in [0.2, 0.25) is 0 Å². The van der Waals surface area contributed by atoms with Gasteiger partial charge >= 0.3 is 5.97 Å². The Morgan fingerprint density at radius 3 is 3.00 bits per heavy atom. The van der Waals surface area contributed by atoms with Gasteiger partial charge in [-0.3, -0.25) is 4.79 Å². The van der Waals surface area contributed by atoms with E-state index < -0.39 is 5.82 Å². The van der Waals surface area contributed by atoms with Gasteiger partial charge in [-0.1, -0.05) is 43.9 Å². The second kappa shape index (κ2) is 11.2. The number of carbonyl (C=O) groups is 1. The molecular formula is C28H30ClFN6O2S. The molecule has 2 N–H and O–H groups in total. The summed E-state index contributed by atoms with van der Waals surface area (Å²) in [5, 5.41) is 5.51. The zero-order chi connectivity index (χ0) is 26.9. The average molecular weight is 569 g/mol. The van der Waals surface area contributed by atoms with Crippen LogP contribution in [0.15, 0.2) is 29.9 Å². The van der Waals surface area contributed by atoms with Crippen LogP contribution in [-0.2, 0) is 9.53 Å². The van der Waals surface area contributed by atoms with E-state index in [-0.39, 0.29) is 40.5 Å². The molecule has 6 rings (SSSR count). The molecule has 204 valence electrons. The van der Waals surface area contributed by atoms with Gasteiger partial charge in [0.15, 0.2) is 23.1 Å². The number of hydrogen-bond donors (Lipinski definition) is 2. The molecular weight excluding hydrogens is 539 g/mol. The van der Waals surface area contributed by atoms with Gasteiger partial charge in [-0.05, 0) is 49.0 Å². The third kappa shape index (κ3) is 5.24. The number of esters is 1. The topological polar surface area (TPSA) is 106 Å². The second-order valence-corrected chi connectivity index (χ2v) is 11.8. The van der Waals surface area contributed by atoms with Crippen LogP contribution in [0.4, 0.5) is 10.2 Å². The minimum Gasteiger partial charge on any atom is -0.465 e. The first-order chi connectivity index (χ1) is 19.0. The van der Waals surface area contributed by atoms with Gasteiger partial charge in [0.1, 0.15) is 16.4 Å². The van der Waals surface area contributed by atoms with Crippen molar-refractivity contribution < 1.29 is 13.9 Å². The number of ether oxygens (including phenoxy) is 1. The van der Waals surface area contributed by atoms with Crippen molar-refractivity contribution in [3.8, 4) is 22.0 Å². The van der Waals surface area contributed by atoms with Gasteiger partial charge in [0.25, 0.3) is 0 Å². The normalized spacial score (nSPS) is 22.6. The summed E-state index contributed by atoms with van der Waals surface area (Å²) in [7, 11) is 0. The molecule has 2 saturated carbocycles. The highest BCUT2D eigenvalue weighted by molar-refractivity contribution is 7.13. The number of thiophene rings is 1. The molecule has 0 aromatic carbocycles. The molecule has 0 saturated heterocycles. The van der Waals surface area contributed by atoms with Gasteiger partial charge in [-0.25, -0.2) is 24.3 Å². The Morgan fingerprint density at radius 1 is 1.28 bits per heavy atom. The van der Waals surface area contributed by atoms with E-state index in [1.807, 2.05) is 17.5 Å². The van der Waals surface area contributed by atoms with Gasteiger partial charge in [0.05, 0.1) is 29.2 Å². The van der Waals surface area contributed by atoms with Crippen LogP contribution in [0.25, 0.3) is 33.1 Å². The Morgan fingerprint density at radius 2 is 2.18 bits per heavy atom. The fourth-order valence-electron chi connectivity index (χ4n) is 6.03. The van der Waals surface area contributed by atoms with Crippen LogP contribution in [0.2, 0.25) is 5.15 Å². The summed E-state index contributed by atoms with van der Waals surface area (Å²) in [4.78, 5) is 35.0.